The quantitative estimate of drug-likeness (QED) is 0.878. The van der Waals surface area contributed by atoms with E-state index in [0.29, 0.717) is 30.9 Å². The maximum atomic E-state index is 12.9. The van der Waals surface area contributed by atoms with Crippen molar-refractivity contribution in [1.29, 1.82) is 0 Å². The highest BCUT2D eigenvalue weighted by atomic mass is 35.5. The van der Waals surface area contributed by atoms with Crippen LogP contribution in [0.3, 0.4) is 0 Å². The Kier molecular flexibility index (Phi) is 5.14. The average molecular weight is 385 g/mol. The van der Waals surface area contributed by atoms with E-state index in [9.17, 15) is 9.59 Å². The number of hydrogen-bond acceptors (Lipinski definition) is 3. The van der Waals surface area contributed by atoms with E-state index in [4.69, 9.17) is 16.3 Å². The molecule has 2 heterocycles. The standard InChI is InChI=1S/C21H21ClN2O3/c22-18-7-2-5-15-13-24(10-9-17(15)18)21(26)14-4-1-6-16(12-14)23-20(25)19-8-3-11-27-19/h1-2,4-7,12,19H,3,8-11,13H2,(H,23,25). The molecule has 1 unspecified atom stereocenters. The molecule has 0 spiro atoms. The number of benzene rings is 2. The van der Waals surface area contributed by atoms with Gasteiger partial charge < -0.3 is 15.0 Å². The topological polar surface area (TPSA) is 58.6 Å². The molecule has 2 aliphatic heterocycles. The highest BCUT2D eigenvalue weighted by molar-refractivity contribution is 6.31. The lowest BCUT2D eigenvalue weighted by atomic mass is 9.99. The summed E-state index contributed by atoms with van der Waals surface area (Å²) in [6.45, 7) is 1.79. The molecule has 140 valence electrons. The first-order valence-electron chi connectivity index (χ1n) is 9.20. The fourth-order valence-electron chi connectivity index (χ4n) is 3.66. The Morgan fingerprint density at radius 1 is 1.19 bits per heavy atom. The lowest BCUT2D eigenvalue weighted by Gasteiger charge is -2.29. The second kappa shape index (κ2) is 7.71. The first-order valence-corrected chi connectivity index (χ1v) is 9.58. The van der Waals surface area contributed by atoms with E-state index in [1.165, 1.54) is 0 Å². The predicted molar refractivity (Wildman–Crippen MR) is 104 cm³/mol. The molecule has 0 aliphatic carbocycles. The van der Waals surface area contributed by atoms with Crippen molar-refractivity contribution in [2.75, 3.05) is 18.5 Å². The van der Waals surface area contributed by atoms with Crippen molar-refractivity contribution in [2.24, 2.45) is 0 Å². The highest BCUT2D eigenvalue weighted by Gasteiger charge is 2.25. The van der Waals surface area contributed by atoms with Gasteiger partial charge in [0.25, 0.3) is 11.8 Å². The number of carbonyl (C=O) groups excluding carboxylic acids is 2. The molecule has 0 radical (unpaired) electrons. The Hall–Kier alpha value is -2.37. The van der Waals surface area contributed by atoms with Gasteiger partial charge in [-0.05, 0) is 54.7 Å². The minimum absolute atomic E-state index is 0.0474. The molecule has 2 amide bonds. The molecule has 1 atom stereocenters. The lowest BCUT2D eigenvalue weighted by molar-refractivity contribution is -0.124. The summed E-state index contributed by atoms with van der Waals surface area (Å²) in [6, 6.07) is 12.9. The molecule has 1 N–H and O–H groups in total. The average Bonchev–Trinajstić information content (AvgIpc) is 3.22. The molecule has 5 nitrogen and oxygen atoms in total. The van der Waals surface area contributed by atoms with E-state index in [1.807, 2.05) is 23.1 Å². The van der Waals surface area contributed by atoms with Crippen LogP contribution >= 0.6 is 11.6 Å². The molecular weight excluding hydrogens is 364 g/mol. The molecule has 0 aromatic heterocycles. The van der Waals surface area contributed by atoms with Crippen LogP contribution in [-0.2, 0) is 22.5 Å². The number of nitrogens with zero attached hydrogens (tertiary/aromatic N) is 1. The van der Waals surface area contributed by atoms with E-state index in [-0.39, 0.29) is 11.8 Å². The van der Waals surface area contributed by atoms with Crippen molar-refractivity contribution in [3.05, 3.63) is 64.2 Å². The zero-order valence-electron chi connectivity index (χ0n) is 14.9. The van der Waals surface area contributed by atoms with Gasteiger partial charge >= 0.3 is 0 Å². The van der Waals surface area contributed by atoms with E-state index < -0.39 is 6.10 Å². The van der Waals surface area contributed by atoms with Crippen molar-refractivity contribution in [3.63, 3.8) is 0 Å². The fourth-order valence-corrected chi connectivity index (χ4v) is 3.94. The second-order valence-corrected chi connectivity index (χ2v) is 7.33. The third-order valence-corrected chi connectivity index (χ3v) is 5.45. The molecule has 1 saturated heterocycles. The van der Waals surface area contributed by atoms with Gasteiger partial charge in [-0.25, -0.2) is 0 Å². The van der Waals surface area contributed by atoms with Crippen molar-refractivity contribution in [3.8, 4) is 0 Å². The fraction of sp³-hybridized carbons (Fsp3) is 0.333. The number of anilines is 1. The minimum Gasteiger partial charge on any atom is -0.368 e. The van der Waals surface area contributed by atoms with E-state index in [2.05, 4.69) is 5.32 Å². The summed E-state index contributed by atoms with van der Waals surface area (Å²) in [4.78, 5) is 27.0. The third-order valence-electron chi connectivity index (χ3n) is 5.10. The summed E-state index contributed by atoms with van der Waals surface area (Å²) in [5, 5.41) is 3.62. The first kappa shape index (κ1) is 18.0. The molecule has 1 fully saturated rings. The van der Waals surface area contributed by atoms with Gasteiger partial charge in [-0.15, -0.1) is 0 Å². The van der Waals surface area contributed by atoms with Crippen LogP contribution in [-0.4, -0.2) is 36.0 Å². The van der Waals surface area contributed by atoms with Crippen LogP contribution in [0, 0.1) is 0 Å². The predicted octanol–water partition coefficient (Wildman–Crippen LogP) is 3.66. The lowest BCUT2D eigenvalue weighted by Crippen LogP contribution is -2.36. The summed E-state index contributed by atoms with van der Waals surface area (Å²) >= 11 is 6.26. The van der Waals surface area contributed by atoms with Gasteiger partial charge in [0.05, 0.1) is 0 Å². The molecule has 27 heavy (non-hydrogen) atoms. The maximum Gasteiger partial charge on any atom is 0.254 e. The zero-order chi connectivity index (χ0) is 18.8. The van der Waals surface area contributed by atoms with Crippen LogP contribution in [0.5, 0.6) is 0 Å². The summed E-state index contributed by atoms with van der Waals surface area (Å²) in [6.07, 6.45) is 1.99. The number of nitrogens with one attached hydrogen (secondary N) is 1. The van der Waals surface area contributed by atoms with Gasteiger partial charge in [0, 0.05) is 36.0 Å². The number of hydrogen-bond donors (Lipinski definition) is 1. The number of carbonyl (C=O) groups is 2. The largest absolute Gasteiger partial charge is 0.368 e. The first-order chi connectivity index (χ1) is 13.1. The van der Waals surface area contributed by atoms with Gasteiger partial charge in [0.1, 0.15) is 6.10 Å². The summed E-state index contributed by atoms with van der Waals surface area (Å²) in [5.74, 6) is -0.201. The summed E-state index contributed by atoms with van der Waals surface area (Å²) in [7, 11) is 0. The Morgan fingerprint density at radius 2 is 2.04 bits per heavy atom. The van der Waals surface area contributed by atoms with Gasteiger partial charge in [-0.2, -0.15) is 0 Å². The maximum absolute atomic E-state index is 12.9. The normalized spacial score (nSPS) is 18.9. The second-order valence-electron chi connectivity index (χ2n) is 6.93. The van der Waals surface area contributed by atoms with E-state index in [1.54, 1.807) is 24.3 Å². The van der Waals surface area contributed by atoms with Crippen LogP contribution in [0.2, 0.25) is 5.02 Å². The Labute approximate surface area is 163 Å². The highest BCUT2D eigenvalue weighted by Crippen LogP contribution is 2.27. The van der Waals surface area contributed by atoms with Crippen LogP contribution < -0.4 is 5.32 Å². The van der Waals surface area contributed by atoms with Crippen LogP contribution in [0.1, 0.15) is 34.3 Å². The SMILES string of the molecule is O=C(Nc1cccc(C(=O)N2CCc3c(Cl)cccc3C2)c1)C1CCCO1. The zero-order valence-corrected chi connectivity index (χ0v) is 15.7. The smallest absolute Gasteiger partial charge is 0.254 e. The van der Waals surface area contributed by atoms with Gasteiger partial charge in [0.2, 0.25) is 0 Å². The van der Waals surface area contributed by atoms with Crippen LogP contribution in [0.25, 0.3) is 0 Å². The van der Waals surface area contributed by atoms with E-state index in [0.717, 1.165) is 35.4 Å². The van der Waals surface area contributed by atoms with Crippen molar-refractivity contribution in [2.45, 2.75) is 31.9 Å². The number of halogens is 1. The van der Waals surface area contributed by atoms with Crippen molar-refractivity contribution >= 4 is 29.1 Å². The molecule has 0 bridgehead atoms. The van der Waals surface area contributed by atoms with Crippen molar-refractivity contribution in [1.82, 2.24) is 4.90 Å². The minimum atomic E-state index is -0.396. The molecule has 2 aromatic carbocycles. The Bertz CT molecular complexity index is 877. The monoisotopic (exact) mass is 384 g/mol. The van der Waals surface area contributed by atoms with Crippen molar-refractivity contribution < 1.29 is 14.3 Å². The Morgan fingerprint density at radius 3 is 2.85 bits per heavy atom. The van der Waals surface area contributed by atoms with Crippen LogP contribution in [0.15, 0.2) is 42.5 Å². The van der Waals surface area contributed by atoms with Gasteiger partial charge in [-0.1, -0.05) is 29.8 Å². The summed E-state index contributed by atoms with van der Waals surface area (Å²) in [5.41, 5.74) is 3.39. The number of fused-ring (bicyclic) bond motifs is 1. The third kappa shape index (κ3) is 3.84. The Balaban J connectivity index is 1.47. The summed E-state index contributed by atoms with van der Waals surface area (Å²) < 4.78 is 5.40. The molecule has 4 rings (SSSR count). The molecule has 2 aliphatic rings. The van der Waals surface area contributed by atoms with Gasteiger partial charge in [0.15, 0.2) is 0 Å². The van der Waals surface area contributed by atoms with Crippen LogP contribution in [0.4, 0.5) is 5.69 Å². The van der Waals surface area contributed by atoms with E-state index >= 15 is 0 Å². The molecule has 0 saturated carbocycles. The molecule has 2 aromatic rings. The van der Waals surface area contributed by atoms with Gasteiger partial charge in [-0.3, -0.25) is 9.59 Å². The molecular formula is C21H21ClN2O3. The number of amides is 2. The number of rotatable bonds is 3. The number of ether oxygens (including phenoxy) is 1. The molecule has 6 heteroatoms.